The Labute approximate surface area is 98.3 Å². The molecule has 0 spiro atoms. The quantitative estimate of drug-likeness (QED) is 0.857. The lowest BCUT2D eigenvalue weighted by molar-refractivity contribution is 0.631. The van der Waals surface area contributed by atoms with Gasteiger partial charge < -0.3 is 5.73 Å². The molecule has 0 atom stereocenters. The summed E-state index contributed by atoms with van der Waals surface area (Å²) in [6.07, 6.45) is 1.68. The maximum absolute atomic E-state index is 13.7. The maximum atomic E-state index is 13.7. The van der Waals surface area contributed by atoms with Gasteiger partial charge in [-0.3, -0.25) is 0 Å². The summed E-state index contributed by atoms with van der Waals surface area (Å²) in [7, 11) is 0. The third-order valence-corrected chi connectivity index (χ3v) is 2.44. The number of nitrogen functional groups attached to an aromatic ring is 1. The lowest BCUT2D eigenvalue weighted by atomic mass is 10.00. The molecule has 0 radical (unpaired) electrons. The van der Waals surface area contributed by atoms with Crippen molar-refractivity contribution in [1.82, 2.24) is 4.98 Å². The van der Waals surface area contributed by atoms with E-state index in [0.29, 0.717) is 22.5 Å². The number of nitrogens with two attached hydrogens (primary N) is 1. The highest BCUT2D eigenvalue weighted by Gasteiger charge is 2.10. The van der Waals surface area contributed by atoms with Crippen LogP contribution in [-0.4, -0.2) is 4.98 Å². The van der Waals surface area contributed by atoms with Crippen LogP contribution in [0.1, 0.15) is 5.56 Å². The second-order valence-electron chi connectivity index (χ2n) is 3.58. The maximum Gasteiger partial charge on any atom is 0.131 e. The van der Waals surface area contributed by atoms with E-state index in [2.05, 4.69) is 4.98 Å². The van der Waals surface area contributed by atoms with Gasteiger partial charge in [0.1, 0.15) is 11.6 Å². The number of nitrogens with zero attached hydrogens (tertiary/aromatic N) is 2. The molecule has 0 aliphatic rings. The topological polar surface area (TPSA) is 62.7 Å². The van der Waals surface area contributed by atoms with E-state index < -0.39 is 0 Å². The van der Waals surface area contributed by atoms with E-state index in [4.69, 9.17) is 11.0 Å². The normalized spacial score (nSPS) is 9.88. The standard InChI is InChI=1S/C13H10FN3/c14-12-4-2-1-3-10(12)11-8-17-13(16)7-9(11)5-6-15/h1-4,7-8H,5H2,(H2,16,17). The lowest BCUT2D eigenvalue weighted by Gasteiger charge is -2.08. The molecule has 0 bridgehead atoms. The number of aromatic nitrogens is 1. The fourth-order valence-corrected chi connectivity index (χ4v) is 1.67. The fourth-order valence-electron chi connectivity index (χ4n) is 1.67. The highest BCUT2D eigenvalue weighted by Crippen LogP contribution is 2.26. The average Bonchev–Trinajstić information content (AvgIpc) is 2.31. The number of benzene rings is 1. The molecule has 0 amide bonds. The van der Waals surface area contributed by atoms with Crippen molar-refractivity contribution in [2.24, 2.45) is 0 Å². The Morgan fingerprint density at radius 1 is 1.29 bits per heavy atom. The Balaban J connectivity index is 2.60. The predicted molar refractivity (Wildman–Crippen MR) is 63.4 cm³/mol. The van der Waals surface area contributed by atoms with Gasteiger partial charge in [0.25, 0.3) is 0 Å². The smallest absolute Gasteiger partial charge is 0.131 e. The van der Waals surface area contributed by atoms with Gasteiger partial charge in [0.05, 0.1) is 12.5 Å². The van der Waals surface area contributed by atoms with E-state index >= 15 is 0 Å². The number of anilines is 1. The van der Waals surface area contributed by atoms with Crippen molar-refractivity contribution in [1.29, 1.82) is 5.26 Å². The molecule has 0 fully saturated rings. The van der Waals surface area contributed by atoms with Gasteiger partial charge in [0.15, 0.2) is 0 Å². The highest BCUT2D eigenvalue weighted by molar-refractivity contribution is 5.68. The molecule has 0 aliphatic carbocycles. The van der Waals surface area contributed by atoms with E-state index in [-0.39, 0.29) is 12.2 Å². The average molecular weight is 227 g/mol. The van der Waals surface area contributed by atoms with Gasteiger partial charge in [0, 0.05) is 17.3 Å². The molecular formula is C13H10FN3. The molecule has 1 aromatic carbocycles. The second kappa shape index (κ2) is 4.62. The molecule has 0 saturated heterocycles. The van der Waals surface area contributed by atoms with Crippen LogP contribution in [-0.2, 0) is 6.42 Å². The summed E-state index contributed by atoms with van der Waals surface area (Å²) in [6, 6.07) is 10.0. The van der Waals surface area contributed by atoms with E-state index in [1.807, 2.05) is 6.07 Å². The summed E-state index contributed by atoms with van der Waals surface area (Å²) in [5.41, 5.74) is 7.29. The number of nitriles is 1. The summed E-state index contributed by atoms with van der Waals surface area (Å²) >= 11 is 0. The van der Waals surface area contributed by atoms with Crippen LogP contribution in [0.4, 0.5) is 10.2 Å². The SMILES string of the molecule is N#CCc1cc(N)ncc1-c1ccccc1F. The minimum Gasteiger partial charge on any atom is -0.384 e. The minimum absolute atomic E-state index is 0.177. The van der Waals surface area contributed by atoms with Crippen LogP contribution in [0.5, 0.6) is 0 Å². The van der Waals surface area contributed by atoms with Gasteiger partial charge in [0.2, 0.25) is 0 Å². The molecule has 3 nitrogen and oxygen atoms in total. The Hall–Kier alpha value is -2.41. The summed E-state index contributed by atoms with van der Waals surface area (Å²) in [5.74, 6) is -0.00593. The third kappa shape index (κ3) is 2.23. The molecule has 2 aromatic rings. The van der Waals surface area contributed by atoms with Crippen molar-refractivity contribution < 1.29 is 4.39 Å². The number of rotatable bonds is 2. The first-order valence-corrected chi connectivity index (χ1v) is 5.08. The first-order valence-electron chi connectivity index (χ1n) is 5.08. The Morgan fingerprint density at radius 2 is 2.06 bits per heavy atom. The number of hydrogen-bond donors (Lipinski definition) is 1. The second-order valence-corrected chi connectivity index (χ2v) is 3.58. The first kappa shape index (κ1) is 11.1. The molecular weight excluding hydrogens is 217 g/mol. The van der Waals surface area contributed by atoms with Crippen LogP contribution in [0.2, 0.25) is 0 Å². The Bertz CT molecular complexity index is 587. The molecule has 4 heteroatoms. The van der Waals surface area contributed by atoms with Crippen LogP contribution >= 0.6 is 0 Å². The predicted octanol–water partition coefficient (Wildman–Crippen LogP) is 2.54. The molecule has 2 N–H and O–H groups in total. The molecule has 0 unspecified atom stereocenters. The van der Waals surface area contributed by atoms with Crippen molar-refractivity contribution in [3.8, 4) is 17.2 Å². The van der Waals surface area contributed by atoms with Crippen molar-refractivity contribution >= 4 is 5.82 Å². The van der Waals surface area contributed by atoms with Gasteiger partial charge in [-0.15, -0.1) is 0 Å². The van der Waals surface area contributed by atoms with Gasteiger partial charge >= 0.3 is 0 Å². The van der Waals surface area contributed by atoms with Crippen molar-refractivity contribution in [3.63, 3.8) is 0 Å². The number of halogens is 1. The number of hydrogen-bond acceptors (Lipinski definition) is 3. The van der Waals surface area contributed by atoms with E-state index in [9.17, 15) is 4.39 Å². The van der Waals surface area contributed by atoms with Gasteiger partial charge in [-0.05, 0) is 17.7 Å². The number of pyridine rings is 1. The minimum atomic E-state index is -0.335. The molecule has 1 aromatic heterocycles. The van der Waals surface area contributed by atoms with Gasteiger partial charge in [-0.25, -0.2) is 9.37 Å². The lowest BCUT2D eigenvalue weighted by Crippen LogP contribution is -1.97. The Kier molecular flexibility index (Phi) is 3.01. The van der Waals surface area contributed by atoms with E-state index in [1.54, 1.807) is 24.3 Å². The van der Waals surface area contributed by atoms with E-state index in [1.165, 1.54) is 12.3 Å². The Morgan fingerprint density at radius 3 is 2.76 bits per heavy atom. The zero-order valence-electron chi connectivity index (χ0n) is 9.02. The molecule has 1 heterocycles. The summed E-state index contributed by atoms with van der Waals surface area (Å²) in [4.78, 5) is 3.94. The van der Waals surface area contributed by atoms with Crippen LogP contribution in [0.25, 0.3) is 11.1 Å². The third-order valence-electron chi connectivity index (χ3n) is 2.44. The van der Waals surface area contributed by atoms with Crippen LogP contribution in [0, 0.1) is 17.1 Å². The largest absolute Gasteiger partial charge is 0.384 e. The summed E-state index contributed by atoms with van der Waals surface area (Å²) < 4.78 is 13.7. The first-order chi connectivity index (χ1) is 8.22. The van der Waals surface area contributed by atoms with Crippen LogP contribution in [0.3, 0.4) is 0 Å². The molecule has 0 saturated carbocycles. The van der Waals surface area contributed by atoms with Gasteiger partial charge in [-0.2, -0.15) is 5.26 Å². The zero-order valence-corrected chi connectivity index (χ0v) is 9.02. The molecule has 0 aliphatic heterocycles. The molecule has 84 valence electrons. The zero-order chi connectivity index (χ0) is 12.3. The van der Waals surface area contributed by atoms with Crippen molar-refractivity contribution in [2.45, 2.75) is 6.42 Å². The monoisotopic (exact) mass is 227 g/mol. The molecule has 17 heavy (non-hydrogen) atoms. The fraction of sp³-hybridized carbons (Fsp3) is 0.0769. The summed E-state index contributed by atoms with van der Waals surface area (Å²) in [6.45, 7) is 0. The summed E-state index contributed by atoms with van der Waals surface area (Å²) in [5, 5.41) is 8.75. The van der Waals surface area contributed by atoms with Gasteiger partial charge in [-0.1, -0.05) is 18.2 Å². The van der Waals surface area contributed by atoms with Crippen molar-refractivity contribution in [2.75, 3.05) is 5.73 Å². The highest BCUT2D eigenvalue weighted by atomic mass is 19.1. The molecule has 2 rings (SSSR count). The van der Waals surface area contributed by atoms with Crippen molar-refractivity contribution in [3.05, 3.63) is 47.9 Å². The van der Waals surface area contributed by atoms with Crippen LogP contribution < -0.4 is 5.73 Å². The van der Waals surface area contributed by atoms with E-state index in [0.717, 1.165) is 0 Å². The van der Waals surface area contributed by atoms with Crippen LogP contribution in [0.15, 0.2) is 36.5 Å².